The zero-order valence-electron chi connectivity index (χ0n) is 14.8. The molecule has 21 heavy (non-hydrogen) atoms. The summed E-state index contributed by atoms with van der Waals surface area (Å²) in [6, 6.07) is 0. The average Bonchev–Trinajstić information content (AvgIpc) is 2.46. The standard InChI is InChI=1S/C19H31FN/c1-9-17-15(6)16(7)21(13-14(5)20)19(11-3,12-4)18(17,8)10-2/h9,13H,6,10-12H2,1-5,7-8H3/q+1. The summed E-state index contributed by atoms with van der Waals surface area (Å²) in [6.07, 6.45) is 6.81. The van der Waals surface area contributed by atoms with Gasteiger partial charge in [-0.15, -0.1) is 0 Å². The lowest BCUT2D eigenvalue weighted by Gasteiger charge is -2.49. The first-order valence-electron chi connectivity index (χ1n) is 8.08. The highest BCUT2D eigenvalue weighted by Gasteiger charge is 2.59. The zero-order valence-corrected chi connectivity index (χ0v) is 14.8. The lowest BCUT2D eigenvalue weighted by atomic mass is 9.58. The van der Waals surface area contributed by atoms with Gasteiger partial charge in [-0.05, 0) is 32.8 Å². The van der Waals surface area contributed by atoms with E-state index in [1.807, 2.05) is 0 Å². The van der Waals surface area contributed by atoms with Crippen LogP contribution in [0.2, 0.25) is 0 Å². The fourth-order valence-electron chi connectivity index (χ4n) is 4.29. The van der Waals surface area contributed by atoms with Crippen molar-refractivity contribution in [2.45, 2.75) is 73.3 Å². The molecule has 1 aliphatic heterocycles. The minimum Gasteiger partial charge on any atom is -0.206 e. The first-order chi connectivity index (χ1) is 9.75. The van der Waals surface area contributed by atoms with Crippen molar-refractivity contribution in [3.63, 3.8) is 0 Å². The summed E-state index contributed by atoms with van der Waals surface area (Å²) in [6.45, 7) is 18.9. The molecule has 0 radical (unpaired) electrons. The molecule has 0 aromatic heterocycles. The summed E-state index contributed by atoms with van der Waals surface area (Å²) in [5.41, 5.74) is 3.27. The summed E-state index contributed by atoms with van der Waals surface area (Å²) in [4.78, 5) is 0. The quantitative estimate of drug-likeness (QED) is 0.578. The van der Waals surface area contributed by atoms with Crippen LogP contribution in [0.3, 0.4) is 0 Å². The van der Waals surface area contributed by atoms with E-state index in [0.29, 0.717) is 0 Å². The SMILES string of the molecule is C=C1C(=CC)C(C)(CC)C(CC)(CC)[N+](C=C(C)F)=C1C. The molecule has 0 spiro atoms. The van der Waals surface area contributed by atoms with Crippen LogP contribution in [0.15, 0.2) is 35.8 Å². The molecule has 0 amide bonds. The largest absolute Gasteiger partial charge is 0.206 e. The van der Waals surface area contributed by atoms with E-state index < -0.39 is 0 Å². The fraction of sp³-hybridized carbons (Fsp3) is 0.632. The molecule has 1 heterocycles. The minimum absolute atomic E-state index is 0.0339. The van der Waals surface area contributed by atoms with Crippen LogP contribution in [0, 0.1) is 5.41 Å². The molecule has 0 saturated carbocycles. The zero-order chi connectivity index (χ0) is 16.4. The van der Waals surface area contributed by atoms with E-state index in [1.54, 1.807) is 6.20 Å². The number of hydrogen-bond donors (Lipinski definition) is 0. The van der Waals surface area contributed by atoms with Crippen molar-refractivity contribution in [2.75, 3.05) is 0 Å². The molecule has 0 aromatic carbocycles. The average molecular weight is 292 g/mol. The number of allylic oxidation sites excluding steroid dienone is 3. The van der Waals surface area contributed by atoms with Crippen LogP contribution in [0.1, 0.15) is 67.7 Å². The molecule has 0 fully saturated rings. The molecule has 0 saturated heterocycles. The van der Waals surface area contributed by atoms with E-state index in [2.05, 4.69) is 58.8 Å². The maximum Gasteiger partial charge on any atom is 0.200 e. The Kier molecular flexibility index (Phi) is 5.35. The highest BCUT2D eigenvalue weighted by molar-refractivity contribution is 5.99. The Labute approximate surface area is 130 Å². The first kappa shape index (κ1) is 17.9. The number of rotatable bonds is 4. The van der Waals surface area contributed by atoms with E-state index >= 15 is 0 Å². The molecule has 1 nitrogen and oxygen atoms in total. The minimum atomic E-state index is -0.157. The van der Waals surface area contributed by atoms with Gasteiger partial charge in [-0.25, -0.2) is 4.39 Å². The summed E-state index contributed by atoms with van der Waals surface area (Å²) in [5, 5.41) is 0. The molecule has 0 aliphatic carbocycles. The van der Waals surface area contributed by atoms with Crippen molar-refractivity contribution >= 4 is 5.71 Å². The topological polar surface area (TPSA) is 3.01 Å². The smallest absolute Gasteiger partial charge is 0.200 e. The highest BCUT2D eigenvalue weighted by Crippen LogP contribution is 2.53. The second-order valence-corrected chi connectivity index (χ2v) is 6.28. The second kappa shape index (κ2) is 6.29. The second-order valence-electron chi connectivity index (χ2n) is 6.28. The molecule has 118 valence electrons. The number of halogens is 1. The van der Waals surface area contributed by atoms with Gasteiger partial charge in [0.25, 0.3) is 0 Å². The van der Waals surface area contributed by atoms with Crippen LogP contribution in [0.25, 0.3) is 0 Å². The lowest BCUT2D eigenvalue weighted by molar-refractivity contribution is -0.575. The third-order valence-electron chi connectivity index (χ3n) is 5.68. The molecular weight excluding hydrogens is 261 g/mol. The Balaban J connectivity index is 3.86. The molecule has 1 rings (SSSR count). The van der Waals surface area contributed by atoms with Crippen LogP contribution < -0.4 is 0 Å². The first-order valence-corrected chi connectivity index (χ1v) is 8.08. The molecule has 1 unspecified atom stereocenters. The van der Waals surface area contributed by atoms with Gasteiger partial charge in [0.1, 0.15) is 0 Å². The fourth-order valence-corrected chi connectivity index (χ4v) is 4.29. The predicted molar refractivity (Wildman–Crippen MR) is 90.4 cm³/mol. The van der Waals surface area contributed by atoms with Crippen LogP contribution in [-0.4, -0.2) is 15.8 Å². The van der Waals surface area contributed by atoms with E-state index in [1.165, 1.54) is 12.5 Å². The van der Waals surface area contributed by atoms with E-state index in [9.17, 15) is 4.39 Å². The van der Waals surface area contributed by atoms with Gasteiger partial charge in [0.05, 0.1) is 5.41 Å². The van der Waals surface area contributed by atoms with E-state index in [4.69, 9.17) is 0 Å². The van der Waals surface area contributed by atoms with Gasteiger partial charge in [-0.2, -0.15) is 4.58 Å². The van der Waals surface area contributed by atoms with Gasteiger partial charge in [-0.3, -0.25) is 0 Å². The Bertz CT molecular complexity index is 514. The summed E-state index contributed by atoms with van der Waals surface area (Å²) in [5.74, 6) is -0.157. The van der Waals surface area contributed by atoms with Crippen molar-refractivity contribution in [3.05, 3.63) is 35.8 Å². The molecular formula is C19H31FN+. The third-order valence-corrected chi connectivity index (χ3v) is 5.68. The van der Waals surface area contributed by atoms with Crippen LogP contribution in [-0.2, 0) is 0 Å². The Hall–Kier alpha value is -1.18. The van der Waals surface area contributed by atoms with Gasteiger partial charge in [0.15, 0.2) is 17.1 Å². The normalized spacial score (nSPS) is 28.5. The van der Waals surface area contributed by atoms with Crippen LogP contribution in [0.5, 0.6) is 0 Å². The van der Waals surface area contributed by atoms with Crippen molar-refractivity contribution in [2.24, 2.45) is 5.41 Å². The summed E-state index contributed by atoms with van der Waals surface area (Å²) < 4.78 is 15.9. The van der Waals surface area contributed by atoms with E-state index in [0.717, 1.165) is 30.5 Å². The highest BCUT2D eigenvalue weighted by atomic mass is 19.1. The van der Waals surface area contributed by atoms with Gasteiger partial charge >= 0.3 is 0 Å². The van der Waals surface area contributed by atoms with Crippen molar-refractivity contribution in [1.29, 1.82) is 0 Å². The molecule has 2 heteroatoms. The van der Waals surface area contributed by atoms with Crippen molar-refractivity contribution in [3.8, 4) is 0 Å². The molecule has 0 bridgehead atoms. The van der Waals surface area contributed by atoms with E-state index in [-0.39, 0.29) is 16.8 Å². The van der Waals surface area contributed by atoms with Gasteiger partial charge in [0.2, 0.25) is 6.20 Å². The molecule has 0 N–H and O–H groups in total. The lowest BCUT2D eigenvalue weighted by Crippen LogP contribution is -2.58. The Morgan fingerprint density at radius 3 is 2.10 bits per heavy atom. The van der Waals surface area contributed by atoms with Crippen LogP contribution >= 0.6 is 0 Å². The maximum absolute atomic E-state index is 13.7. The maximum atomic E-state index is 13.7. The van der Waals surface area contributed by atoms with Crippen LogP contribution in [0.4, 0.5) is 4.39 Å². The molecule has 1 atom stereocenters. The Morgan fingerprint density at radius 1 is 1.24 bits per heavy atom. The number of nitrogens with zero attached hydrogens (tertiary/aromatic N) is 1. The Morgan fingerprint density at radius 2 is 1.76 bits per heavy atom. The summed E-state index contributed by atoms with van der Waals surface area (Å²) in [7, 11) is 0. The monoisotopic (exact) mass is 292 g/mol. The molecule has 0 aromatic rings. The molecule has 1 aliphatic rings. The third kappa shape index (κ3) is 2.43. The predicted octanol–water partition coefficient (Wildman–Crippen LogP) is 5.78. The number of hydrogen-bond acceptors (Lipinski definition) is 0. The summed E-state index contributed by atoms with van der Waals surface area (Å²) >= 11 is 0. The van der Waals surface area contributed by atoms with Gasteiger partial charge < -0.3 is 0 Å². The van der Waals surface area contributed by atoms with Crippen molar-refractivity contribution < 1.29 is 8.97 Å². The van der Waals surface area contributed by atoms with Gasteiger partial charge in [0, 0.05) is 25.3 Å². The van der Waals surface area contributed by atoms with Crippen molar-refractivity contribution in [1.82, 2.24) is 0 Å². The van der Waals surface area contributed by atoms with Gasteiger partial charge in [-0.1, -0.05) is 33.4 Å².